The predicted octanol–water partition coefficient (Wildman–Crippen LogP) is 2.29. The summed E-state index contributed by atoms with van der Waals surface area (Å²) in [5, 5.41) is 0.300. The Bertz CT molecular complexity index is 489. The van der Waals surface area contributed by atoms with Gasteiger partial charge in [0.15, 0.2) is 0 Å². The Morgan fingerprint density at radius 3 is 3.15 bits per heavy atom. The number of fused-ring (bicyclic) bond motifs is 1. The van der Waals surface area contributed by atoms with Crippen molar-refractivity contribution in [2.75, 3.05) is 7.11 Å². The first-order valence-electron chi connectivity index (χ1n) is 4.18. The molecule has 4 heteroatoms. The van der Waals surface area contributed by atoms with E-state index in [4.69, 9.17) is 17.7 Å². The maximum absolute atomic E-state index is 7.45. The van der Waals surface area contributed by atoms with Crippen molar-refractivity contribution in [3.05, 3.63) is 29.4 Å². The molecule has 0 amide bonds. The van der Waals surface area contributed by atoms with Crippen molar-refractivity contribution in [1.29, 1.82) is 0 Å². The Morgan fingerprint density at radius 2 is 2.38 bits per heavy atom. The summed E-state index contributed by atoms with van der Waals surface area (Å²) in [5.74, 6) is 0.465. The Morgan fingerprint density at radius 1 is 1.54 bits per heavy atom. The van der Waals surface area contributed by atoms with Crippen molar-refractivity contribution in [2.24, 2.45) is 0 Å². The van der Waals surface area contributed by atoms with Gasteiger partial charge in [-0.15, -0.1) is 0 Å². The molecule has 66 valence electrons. The molecule has 0 bridgehead atoms. The lowest BCUT2D eigenvalue weighted by atomic mass is 10.3. The Labute approximate surface area is 81.7 Å². The highest BCUT2D eigenvalue weighted by Crippen LogP contribution is 2.21. The first-order valence-corrected chi connectivity index (χ1v) is 4.06. The fourth-order valence-corrected chi connectivity index (χ4v) is 1.23. The second-order valence-electron chi connectivity index (χ2n) is 2.44. The number of halogens is 1. The molecule has 0 aromatic carbocycles. The molecule has 0 aliphatic heterocycles. The Kier molecular flexibility index (Phi) is 1.74. The fraction of sp³-hybridized carbons (Fsp3) is 0.111. The van der Waals surface area contributed by atoms with Gasteiger partial charge in [0.05, 0.1) is 19.0 Å². The number of hydrogen-bond acceptors (Lipinski definition) is 3. The summed E-state index contributed by atoms with van der Waals surface area (Å²) < 4.78 is 12.4. The number of methoxy groups -OCH3 is 1. The largest absolute Gasteiger partial charge is 0.481 e. The quantitative estimate of drug-likeness (QED) is 0.701. The number of hydrogen-bond donors (Lipinski definition) is 0. The molecule has 0 aliphatic rings. The van der Waals surface area contributed by atoms with Gasteiger partial charge in [-0.25, -0.2) is 4.98 Å². The number of rotatable bonds is 1. The smallest absolute Gasteiger partial charge is 0.213 e. The molecule has 0 N–H and O–H groups in total. The minimum absolute atomic E-state index is 0.167. The zero-order chi connectivity index (χ0) is 10.1. The van der Waals surface area contributed by atoms with Crippen LogP contribution in [0.15, 0.2) is 24.4 Å². The van der Waals surface area contributed by atoms with Crippen LogP contribution in [0.5, 0.6) is 5.88 Å². The molecule has 0 unspecified atom stereocenters. The van der Waals surface area contributed by atoms with Crippen LogP contribution in [-0.4, -0.2) is 17.1 Å². The lowest BCUT2D eigenvalue weighted by molar-refractivity contribution is 0.399. The molecule has 2 rings (SSSR count). The average Bonchev–Trinajstić information content (AvgIpc) is 2.23. The van der Waals surface area contributed by atoms with Crippen molar-refractivity contribution < 1.29 is 6.11 Å². The summed E-state index contributed by atoms with van der Waals surface area (Å²) in [5.41, 5.74) is 1.16. The molecule has 0 saturated carbocycles. The van der Waals surface area contributed by atoms with E-state index in [-0.39, 0.29) is 6.04 Å². The van der Waals surface area contributed by atoms with Gasteiger partial charge in [0, 0.05) is 12.3 Å². The van der Waals surface area contributed by atoms with Gasteiger partial charge in [-0.3, -0.25) is 4.98 Å². The average molecular weight is 196 g/mol. The van der Waals surface area contributed by atoms with Crippen LogP contribution in [0.25, 0.3) is 11.0 Å². The molecule has 2 aromatic heterocycles. The molecular weight excluding hydrogens is 188 g/mol. The molecule has 0 radical (unpaired) electrons. The van der Waals surface area contributed by atoms with Gasteiger partial charge in [0.1, 0.15) is 5.52 Å². The van der Waals surface area contributed by atoms with Gasteiger partial charge >= 0.3 is 0 Å². The zero-order valence-corrected chi connectivity index (χ0v) is 7.67. The van der Waals surface area contributed by atoms with E-state index in [1.54, 1.807) is 12.1 Å². The highest BCUT2D eigenvalue weighted by Gasteiger charge is 2.02. The molecule has 0 aliphatic carbocycles. The van der Waals surface area contributed by atoms with Crippen LogP contribution in [-0.2, 0) is 0 Å². The van der Waals surface area contributed by atoms with Crippen LogP contribution < -0.4 is 4.74 Å². The molecule has 0 saturated heterocycles. The molecule has 0 atom stereocenters. The lowest BCUT2D eigenvalue weighted by Crippen LogP contribution is -1.89. The standard InChI is InChI=1S/C9H7ClN2O/c1-13-8-3-2-7-9(12-8)6(10)4-5-11-7/h2-5H,1H3/i4D. The lowest BCUT2D eigenvalue weighted by Gasteiger charge is -2.01. The monoisotopic (exact) mass is 195 g/mol. The summed E-state index contributed by atoms with van der Waals surface area (Å²) in [6.07, 6.45) is 1.40. The molecular formula is C9H7ClN2O. The topological polar surface area (TPSA) is 35.0 Å². The highest BCUT2D eigenvalue weighted by molar-refractivity contribution is 6.34. The van der Waals surface area contributed by atoms with E-state index in [0.717, 1.165) is 0 Å². The third kappa shape index (κ3) is 1.42. The third-order valence-electron chi connectivity index (χ3n) is 1.66. The van der Waals surface area contributed by atoms with E-state index in [2.05, 4.69) is 9.97 Å². The summed E-state index contributed by atoms with van der Waals surface area (Å²) in [6.45, 7) is 0. The van der Waals surface area contributed by atoms with Crippen molar-refractivity contribution >= 4 is 22.6 Å². The minimum Gasteiger partial charge on any atom is -0.481 e. The normalized spacial score (nSPS) is 11.4. The third-order valence-corrected chi connectivity index (χ3v) is 1.95. The van der Waals surface area contributed by atoms with Gasteiger partial charge in [0.2, 0.25) is 5.88 Å². The molecule has 2 aromatic rings. The molecule has 0 fully saturated rings. The Balaban J connectivity index is 2.78. The number of ether oxygens (including phenoxy) is 1. The summed E-state index contributed by atoms with van der Waals surface area (Å²) in [6, 6.07) is 3.63. The van der Waals surface area contributed by atoms with Gasteiger partial charge < -0.3 is 4.74 Å². The van der Waals surface area contributed by atoms with Crippen LogP contribution in [0.3, 0.4) is 0 Å². The van der Waals surface area contributed by atoms with Gasteiger partial charge in [-0.05, 0) is 12.1 Å². The second-order valence-corrected chi connectivity index (χ2v) is 2.82. The van der Waals surface area contributed by atoms with Crippen LogP contribution in [0, 0.1) is 0 Å². The predicted molar refractivity (Wildman–Crippen MR) is 51.1 cm³/mol. The second kappa shape index (κ2) is 3.18. The first-order chi connectivity index (χ1) is 6.72. The maximum atomic E-state index is 7.45. The molecule has 0 spiro atoms. The van der Waals surface area contributed by atoms with Gasteiger partial charge in [-0.2, -0.15) is 0 Å². The van der Waals surface area contributed by atoms with Crippen molar-refractivity contribution in [3.8, 4) is 5.88 Å². The van der Waals surface area contributed by atoms with E-state index < -0.39 is 0 Å². The van der Waals surface area contributed by atoms with Crippen molar-refractivity contribution in [3.63, 3.8) is 0 Å². The number of nitrogens with zero attached hydrogens (tertiary/aromatic N) is 2. The fourth-order valence-electron chi connectivity index (χ4n) is 1.04. The zero-order valence-electron chi connectivity index (χ0n) is 7.91. The van der Waals surface area contributed by atoms with Crippen molar-refractivity contribution in [2.45, 2.75) is 0 Å². The molecule has 2 heterocycles. The molecule has 13 heavy (non-hydrogen) atoms. The van der Waals surface area contributed by atoms with Crippen LogP contribution in [0.4, 0.5) is 0 Å². The number of pyridine rings is 2. The van der Waals surface area contributed by atoms with E-state index in [9.17, 15) is 0 Å². The van der Waals surface area contributed by atoms with E-state index >= 15 is 0 Å². The number of aromatic nitrogens is 2. The van der Waals surface area contributed by atoms with Crippen LogP contribution in [0.1, 0.15) is 1.37 Å². The maximum Gasteiger partial charge on any atom is 0.213 e. The Hall–Kier alpha value is -1.35. The summed E-state index contributed by atoms with van der Waals surface area (Å²) in [7, 11) is 1.53. The highest BCUT2D eigenvalue weighted by atomic mass is 35.5. The van der Waals surface area contributed by atoms with E-state index in [0.29, 0.717) is 21.9 Å². The first kappa shape index (κ1) is 7.09. The minimum atomic E-state index is 0.167. The summed E-state index contributed by atoms with van der Waals surface area (Å²) >= 11 is 5.91. The van der Waals surface area contributed by atoms with Crippen molar-refractivity contribution in [1.82, 2.24) is 9.97 Å². The summed E-state index contributed by atoms with van der Waals surface area (Å²) in [4.78, 5) is 8.14. The SMILES string of the molecule is [2H]c1cnc2ccc(OC)nc2c1Cl. The van der Waals surface area contributed by atoms with Crippen LogP contribution >= 0.6 is 11.6 Å². The van der Waals surface area contributed by atoms with Gasteiger partial charge in [-0.1, -0.05) is 11.6 Å². The van der Waals surface area contributed by atoms with E-state index in [1.165, 1.54) is 13.3 Å². The molecule has 3 nitrogen and oxygen atoms in total. The van der Waals surface area contributed by atoms with Gasteiger partial charge in [0.25, 0.3) is 0 Å². The van der Waals surface area contributed by atoms with E-state index in [1.807, 2.05) is 0 Å². The van der Waals surface area contributed by atoms with Crippen LogP contribution in [0.2, 0.25) is 5.02 Å².